The fraction of sp³-hybridized carbons (Fsp3) is 0.400. The predicted octanol–water partition coefficient (Wildman–Crippen LogP) is 1.06. The molecule has 0 radical (unpaired) electrons. The standard InChI is InChI=1S/C10H13FN2/c11-9-4-2-1-3-8(9)10-7-12-5-6-13-10/h1-4,10,12-13H,5-7H2. The number of benzene rings is 1. The molecule has 1 aliphatic rings. The minimum atomic E-state index is -0.122. The Hall–Kier alpha value is -0.930. The fourth-order valence-electron chi connectivity index (χ4n) is 1.63. The number of rotatable bonds is 1. The van der Waals surface area contributed by atoms with Crippen LogP contribution in [0.2, 0.25) is 0 Å². The second kappa shape index (κ2) is 3.85. The summed E-state index contributed by atoms with van der Waals surface area (Å²) in [6.45, 7) is 2.67. The first-order valence-electron chi connectivity index (χ1n) is 4.56. The monoisotopic (exact) mass is 180 g/mol. The van der Waals surface area contributed by atoms with Gasteiger partial charge in [0.15, 0.2) is 0 Å². The molecule has 70 valence electrons. The smallest absolute Gasteiger partial charge is 0.128 e. The third-order valence-corrected chi connectivity index (χ3v) is 2.32. The van der Waals surface area contributed by atoms with Crippen molar-refractivity contribution in [2.75, 3.05) is 19.6 Å². The van der Waals surface area contributed by atoms with Crippen molar-refractivity contribution in [1.82, 2.24) is 10.6 Å². The van der Waals surface area contributed by atoms with Crippen molar-refractivity contribution in [2.24, 2.45) is 0 Å². The SMILES string of the molecule is Fc1ccccc1C1CNCCN1. The van der Waals surface area contributed by atoms with E-state index in [1.165, 1.54) is 6.07 Å². The lowest BCUT2D eigenvalue weighted by molar-refractivity contribution is 0.417. The van der Waals surface area contributed by atoms with Crippen LogP contribution in [0.3, 0.4) is 0 Å². The van der Waals surface area contributed by atoms with Crippen molar-refractivity contribution >= 4 is 0 Å². The first-order valence-corrected chi connectivity index (χ1v) is 4.56. The van der Waals surface area contributed by atoms with Crippen LogP contribution >= 0.6 is 0 Å². The maximum Gasteiger partial charge on any atom is 0.128 e. The first-order chi connectivity index (χ1) is 6.38. The Labute approximate surface area is 77.2 Å². The second-order valence-corrected chi connectivity index (χ2v) is 3.23. The van der Waals surface area contributed by atoms with Gasteiger partial charge < -0.3 is 10.6 Å². The van der Waals surface area contributed by atoms with Gasteiger partial charge in [0.25, 0.3) is 0 Å². The van der Waals surface area contributed by atoms with E-state index >= 15 is 0 Å². The van der Waals surface area contributed by atoms with Crippen LogP contribution in [0.4, 0.5) is 4.39 Å². The van der Waals surface area contributed by atoms with Gasteiger partial charge in [0.1, 0.15) is 5.82 Å². The normalized spacial score (nSPS) is 23.0. The van der Waals surface area contributed by atoms with E-state index < -0.39 is 0 Å². The van der Waals surface area contributed by atoms with Gasteiger partial charge in [-0.1, -0.05) is 18.2 Å². The molecule has 1 saturated heterocycles. The van der Waals surface area contributed by atoms with E-state index in [2.05, 4.69) is 10.6 Å². The average molecular weight is 180 g/mol. The lowest BCUT2D eigenvalue weighted by Crippen LogP contribution is -2.42. The highest BCUT2D eigenvalue weighted by molar-refractivity contribution is 5.21. The van der Waals surface area contributed by atoms with E-state index in [9.17, 15) is 4.39 Å². The van der Waals surface area contributed by atoms with Gasteiger partial charge in [-0.05, 0) is 6.07 Å². The quantitative estimate of drug-likeness (QED) is 0.675. The van der Waals surface area contributed by atoms with Crippen molar-refractivity contribution in [2.45, 2.75) is 6.04 Å². The van der Waals surface area contributed by atoms with Gasteiger partial charge in [-0.15, -0.1) is 0 Å². The zero-order valence-corrected chi connectivity index (χ0v) is 7.39. The van der Waals surface area contributed by atoms with Crippen LogP contribution in [0.15, 0.2) is 24.3 Å². The fourth-order valence-corrected chi connectivity index (χ4v) is 1.63. The lowest BCUT2D eigenvalue weighted by atomic mass is 10.1. The summed E-state index contributed by atoms with van der Waals surface area (Å²) in [5, 5.41) is 6.51. The maximum atomic E-state index is 13.3. The molecule has 1 atom stereocenters. The molecule has 1 fully saturated rings. The van der Waals surface area contributed by atoms with Crippen molar-refractivity contribution in [1.29, 1.82) is 0 Å². The molecule has 13 heavy (non-hydrogen) atoms. The number of piperazine rings is 1. The Morgan fingerprint density at radius 1 is 1.23 bits per heavy atom. The minimum absolute atomic E-state index is 0.120. The number of hydrogen-bond donors (Lipinski definition) is 2. The van der Waals surface area contributed by atoms with Crippen LogP contribution in [0.5, 0.6) is 0 Å². The van der Waals surface area contributed by atoms with E-state index in [-0.39, 0.29) is 11.9 Å². The molecule has 1 unspecified atom stereocenters. The largest absolute Gasteiger partial charge is 0.314 e. The van der Waals surface area contributed by atoms with Crippen molar-refractivity contribution in [3.63, 3.8) is 0 Å². The molecule has 1 aliphatic heterocycles. The number of halogens is 1. The van der Waals surface area contributed by atoms with Crippen LogP contribution in [-0.4, -0.2) is 19.6 Å². The van der Waals surface area contributed by atoms with E-state index in [0.29, 0.717) is 0 Å². The third-order valence-electron chi connectivity index (χ3n) is 2.32. The molecule has 2 rings (SSSR count). The number of hydrogen-bond acceptors (Lipinski definition) is 2. The van der Waals surface area contributed by atoms with Gasteiger partial charge in [0, 0.05) is 31.2 Å². The maximum absolute atomic E-state index is 13.3. The molecule has 1 aromatic carbocycles. The van der Waals surface area contributed by atoms with Crippen LogP contribution in [0.1, 0.15) is 11.6 Å². The summed E-state index contributed by atoms with van der Waals surface area (Å²) in [6.07, 6.45) is 0. The number of nitrogens with one attached hydrogen (secondary N) is 2. The van der Waals surface area contributed by atoms with Crippen molar-refractivity contribution in [3.05, 3.63) is 35.6 Å². The molecule has 0 aliphatic carbocycles. The molecular weight excluding hydrogens is 167 g/mol. The first kappa shape index (κ1) is 8.66. The van der Waals surface area contributed by atoms with Gasteiger partial charge in [0.05, 0.1) is 0 Å². The van der Waals surface area contributed by atoms with Gasteiger partial charge in [-0.2, -0.15) is 0 Å². The lowest BCUT2D eigenvalue weighted by Gasteiger charge is -2.25. The molecule has 1 aromatic rings. The van der Waals surface area contributed by atoms with E-state index in [4.69, 9.17) is 0 Å². The van der Waals surface area contributed by atoms with Crippen LogP contribution in [-0.2, 0) is 0 Å². The molecule has 0 saturated carbocycles. The minimum Gasteiger partial charge on any atom is -0.314 e. The van der Waals surface area contributed by atoms with Gasteiger partial charge in [0.2, 0.25) is 0 Å². The summed E-state index contributed by atoms with van der Waals surface area (Å²) < 4.78 is 13.3. The predicted molar refractivity (Wildman–Crippen MR) is 50.0 cm³/mol. The van der Waals surface area contributed by atoms with E-state index in [1.54, 1.807) is 6.07 Å². The zero-order valence-electron chi connectivity index (χ0n) is 7.39. The summed E-state index contributed by atoms with van der Waals surface area (Å²) >= 11 is 0. The summed E-state index contributed by atoms with van der Waals surface area (Å²) in [5.74, 6) is -0.122. The Morgan fingerprint density at radius 2 is 2.08 bits per heavy atom. The highest BCUT2D eigenvalue weighted by Crippen LogP contribution is 2.16. The average Bonchev–Trinajstić information content (AvgIpc) is 2.20. The summed E-state index contributed by atoms with van der Waals surface area (Å²) in [5.41, 5.74) is 0.759. The summed E-state index contributed by atoms with van der Waals surface area (Å²) in [4.78, 5) is 0. The van der Waals surface area contributed by atoms with Gasteiger partial charge in [-0.3, -0.25) is 0 Å². The second-order valence-electron chi connectivity index (χ2n) is 3.23. The molecule has 0 bridgehead atoms. The summed E-state index contributed by atoms with van der Waals surface area (Å²) in [7, 11) is 0. The highest BCUT2D eigenvalue weighted by Gasteiger charge is 2.16. The van der Waals surface area contributed by atoms with Crippen molar-refractivity contribution in [3.8, 4) is 0 Å². The summed E-state index contributed by atoms with van der Waals surface area (Å²) in [6, 6.07) is 7.05. The Kier molecular flexibility index (Phi) is 2.57. The molecule has 2 N–H and O–H groups in total. The van der Waals surface area contributed by atoms with Gasteiger partial charge >= 0.3 is 0 Å². The molecule has 1 heterocycles. The Morgan fingerprint density at radius 3 is 2.77 bits per heavy atom. The Bertz CT molecular complexity index is 282. The topological polar surface area (TPSA) is 24.1 Å². The Balaban J connectivity index is 2.18. The van der Waals surface area contributed by atoms with Crippen LogP contribution in [0.25, 0.3) is 0 Å². The third kappa shape index (κ3) is 1.87. The molecule has 0 amide bonds. The van der Waals surface area contributed by atoms with Crippen LogP contribution < -0.4 is 10.6 Å². The molecule has 2 nitrogen and oxygen atoms in total. The highest BCUT2D eigenvalue weighted by atomic mass is 19.1. The zero-order chi connectivity index (χ0) is 9.10. The van der Waals surface area contributed by atoms with Crippen LogP contribution in [0, 0.1) is 5.82 Å². The van der Waals surface area contributed by atoms with Gasteiger partial charge in [-0.25, -0.2) is 4.39 Å². The molecule has 0 spiro atoms. The molecule has 3 heteroatoms. The van der Waals surface area contributed by atoms with E-state index in [1.807, 2.05) is 12.1 Å². The van der Waals surface area contributed by atoms with Crippen molar-refractivity contribution < 1.29 is 4.39 Å². The van der Waals surface area contributed by atoms with E-state index in [0.717, 1.165) is 25.2 Å². The molecule has 0 aromatic heterocycles. The molecular formula is C10H13FN2.